The fourth-order valence-electron chi connectivity index (χ4n) is 1.76. The molecule has 0 fully saturated rings. The van der Waals surface area contributed by atoms with Crippen LogP contribution in [0.4, 0.5) is 8.78 Å². The van der Waals surface area contributed by atoms with Crippen molar-refractivity contribution in [3.63, 3.8) is 0 Å². The molecule has 0 heterocycles. The average Bonchev–Trinajstić information content (AvgIpc) is 2.45. The predicted molar refractivity (Wildman–Crippen MR) is 73.8 cm³/mol. The molecular formula is C14H21F2NO4. The Morgan fingerprint density at radius 1 is 1.29 bits per heavy atom. The standard InChI is InChI=1S/C14H21F2NO4/c1-3-20-13-6-10(4-5-12(13)21-14(15)16)7-17-11(8-18)9-19-2/h4-6,11,14,17-18H,3,7-9H2,1-2H3. The SMILES string of the molecule is CCOc1cc(CNC(CO)COC)ccc1OC(F)F. The lowest BCUT2D eigenvalue weighted by atomic mass is 10.2. The zero-order valence-corrected chi connectivity index (χ0v) is 12.1. The van der Waals surface area contributed by atoms with Crippen LogP contribution in [0, 0.1) is 0 Å². The summed E-state index contributed by atoms with van der Waals surface area (Å²) in [5.74, 6) is 0.274. The van der Waals surface area contributed by atoms with Crippen LogP contribution in [0.5, 0.6) is 11.5 Å². The lowest BCUT2D eigenvalue weighted by Crippen LogP contribution is -2.35. The smallest absolute Gasteiger partial charge is 0.387 e. The Balaban J connectivity index is 2.72. The van der Waals surface area contributed by atoms with Gasteiger partial charge in [-0.2, -0.15) is 8.78 Å². The third-order valence-electron chi connectivity index (χ3n) is 2.71. The number of halogens is 2. The van der Waals surface area contributed by atoms with Gasteiger partial charge in [0, 0.05) is 13.7 Å². The highest BCUT2D eigenvalue weighted by Gasteiger charge is 2.12. The minimum absolute atomic E-state index is 0.00574. The molecule has 0 amide bonds. The topological polar surface area (TPSA) is 60.0 Å². The van der Waals surface area contributed by atoms with Gasteiger partial charge >= 0.3 is 6.61 Å². The molecule has 2 N–H and O–H groups in total. The predicted octanol–water partition coefficient (Wildman–Crippen LogP) is 1.78. The van der Waals surface area contributed by atoms with E-state index in [9.17, 15) is 8.78 Å². The van der Waals surface area contributed by atoms with Crippen LogP contribution in [0.2, 0.25) is 0 Å². The maximum atomic E-state index is 12.3. The molecule has 1 aromatic rings. The van der Waals surface area contributed by atoms with E-state index >= 15 is 0 Å². The average molecular weight is 305 g/mol. The van der Waals surface area contributed by atoms with Crippen molar-refractivity contribution in [2.24, 2.45) is 0 Å². The summed E-state index contributed by atoms with van der Waals surface area (Å²) in [5.41, 5.74) is 0.828. The van der Waals surface area contributed by atoms with Crippen molar-refractivity contribution < 1.29 is 28.1 Å². The summed E-state index contributed by atoms with van der Waals surface area (Å²) >= 11 is 0. The summed E-state index contributed by atoms with van der Waals surface area (Å²) in [5, 5.41) is 12.2. The van der Waals surface area contributed by atoms with Crippen molar-refractivity contribution in [1.82, 2.24) is 5.32 Å². The third kappa shape index (κ3) is 6.24. The van der Waals surface area contributed by atoms with E-state index in [1.165, 1.54) is 6.07 Å². The number of aliphatic hydroxyl groups excluding tert-OH is 1. The number of ether oxygens (including phenoxy) is 3. The van der Waals surface area contributed by atoms with Crippen LogP contribution in [-0.4, -0.2) is 44.7 Å². The maximum absolute atomic E-state index is 12.3. The molecule has 0 bridgehead atoms. The molecular weight excluding hydrogens is 284 g/mol. The van der Waals surface area contributed by atoms with Gasteiger partial charge in [-0.1, -0.05) is 6.07 Å². The van der Waals surface area contributed by atoms with E-state index in [4.69, 9.17) is 14.6 Å². The molecule has 0 spiro atoms. The van der Waals surface area contributed by atoms with Gasteiger partial charge in [0.1, 0.15) is 0 Å². The number of nitrogens with one attached hydrogen (secondary N) is 1. The molecule has 1 atom stereocenters. The van der Waals surface area contributed by atoms with Crippen molar-refractivity contribution >= 4 is 0 Å². The summed E-state index contributed by atoms with van der Waals surface area (Å²) < 4.78 is 39.2. The largest absolute Gasteiger partial charge is 0.490 e. The second-order valence-corrected chi connectivity index (χ2v) is 4.31. The molecule has 0 saturated carbocycles. The van der Waals surface area contributed by atoms with Gasteiger partial charge in [-0.15, -0.1) is 0 Å². The number of methoxy groups -OCH3 is 1. The van der Waals surface area contributed by atoms with Crippen LogP contribution in [0.1, 0.15) is 12.5 Å². The van der Waals surface area contributed by atoms with Crippen LogP contribution in [0.3, 0.4) is 0 Å². The Morgan fingerprint density at radius 2 is 2.05 bits per heavy atom. The molecule has 21 heavy (non-hydrogen) atoms. The highest BCUT2D eigenvalue weighted by Crippen LogP contribution is 2.29. The summed E-state index contributed by atoms with van der Waals surface area (Å²) in [7, 11) is 1.55. The van der Waals surface area contributed by atoms with E-state index < -0.39 is 6.61 Å². The second kappa shape index (κ2) is 9.49. The van der Waals surface area contributed by atoms with Gasteiger partial charge in [-0.05, 0) is 24.6 Å². The number of hydrogen-bond acceptors (Lipinski definition) is 5. The van der Waals surface area contributed by atoms with E-state index in [2.05, 4.69) is 10.1 Å². The van der Waals surface area contributed by atoms with Crippen LogP contribution in [0.15, 0.2) is 18.2 Å². The van der Waals surface area contributed by atoms with Gasteiger partial charge in [0.2, 0.25) is 0 Å². The first-order chi connectivity index (χ1) is 10.1. The highest BCUT2D eigenvalue weighted by molar-refractivity contribution is 5.43. The van der Waals surface area contributed by atoms with E-state index in [-0.39, 0.29) is 24.1 Å². The lowest BCUT2D eigenvalue weighted by Gasteiger charge is -2.16. The normalized spacial score (nSPS) is 12.5. The van der Waals surface area contributed by atoms with Crippen LogP contribution < -0.4 is 14.8 Å². The van der Waals surface area contributed by atoms with Gasteiger partial charge < -0.3 is 24.6 Å². The second-order valence-electron chi connectivity index (χ2n) is 4.31. The summed E-state index contributed by atoms with van der Waals surface area (Å²) in [4.78, 5) is 0. The molecule has 7 heteroatoms. The number of benzene rings is 1. The molecule has 1 rings (SSSR count). The zero-order chi connectivity index (χ0) is 15.7. The number of aliphatic hydroxyl groups is 1. The fourth-order valence-corrected chi connectivity index (χ4v) is 1.76. The Bertz CT molecular complexity index is 418. The molecule has 0 saturated heterocycles. The quantitative estimate of drug-likeness (QED) is 0.690. The first-order valence-corrected chi connectivity index (χ1v) is 6.64. The molecule has 5 nitrogen and oxygen atoms in total. The van der Waals surface area contributed by atoms with E-state index in [0.717, 1.165) is 5.56 Å². The molecule has 1 aromatic carbocycles. The highest BCUT2D eigenvalue weighted by atomic mass is 19.3. The molecule has 0 aliphatic carbocycles. The van der Waals surface area contributed by atoms with Gasteiger partial charge in [0.15, 0.2) is 11.5 Å². The minimum Gasteiger partial charge on any atom is -0.490 e. The first-order valence-electron chi connectivity index (χ1n) is 6.64. The van der Waals surface area contributed by atoms with Crippen LogP contribution in [-0.2, 0) is 11.3 Å². The van der Waals surface area contributed by atoms with Crippen LogP contribution in [0.25, 0.3) is 0 Å². The third-order valence-corrected chi connectivity index (χ3v) is 2.71. The summed E-state index contributed by atoms with van der Waals surface area (Å²) in [6.07, 6.45) is 0. The van der Waals surface area contributed by atoms with Crippen molar-refractivity contribution in [3.05, 3.63) is 23.8 Å². The van der Waals surface area contributed by atoms with Crippen molar-refractivity contribution in [2.75, 3.05) is 26.9 Å². The Hall–Kier alpha value is -1.44. The number of hydrogen-bond donors (Lipinski definition) is 2. The summed E-state index contributed by atoms with van der Waals surface area (Å²) in [6, 6.07) is 4.55. The van der Waals surface area contributed by atoms with Gasteiger partial charge in [0.05, 0.1) is 25.9 Å². The molecule has 0 radical (unpaired) electrons. The van der Waals surface area contributed by atoms with Gasteiger partial charge in [-0.3, -0.25) is 0 Å². The monoisotopic (exact) mass is 305 g/mol. The first kappa shape index (κ1) is 17.6. The molecule has 0 aliphatic heterocycles. The fraction of sp³-hybridized carbons (Fsp3) is 0.571. The van der Waals surface area contributed by atoms with E-state index in [1.54, 1.807) is 26.2 Å². The molecule has 0 aromatic heterocycles. The molecule has 0 aliphatic rings. The van der Waals surface area contributed by atoms with Gasteiger partial charge in [-0.25, -0.2) is 0 Å². The number of alkyl halides is 2. The molecule has 120 valence electrons. The van der Waals surface area contributed by atoms with Crippen LogP contribution >= 0.6 is 0 Å². The van der Waals surface area contributed by atoms with Gasteiger partial charge in [0.25, 0.3) is 0 Å². The van der Waals surface area contributed by atoms with Crippen molar-refractivity contribution in [1.29, 1.82) is 0 Å². The Morgan fingerprint density at radius 3 is 2.62 bits per heavy atom. The van der Waals surface area contributed by atoms with E-state index in [0.29, 0.717) is 19.8 Å². The minimum atomic E-state index is -2.89. The Kier molecular flexibility index (Phi) is 7.96. The summed E-state index contributed by atoms with van der Waals surface area (Å²) in [6.45, 7) is -0.0191. The molecule has 1 unspecified atom stereocenters. The van der Waals surface area contributed by atoms with Crippen molar-refractivity contribution in [3.8, 4) is 11.5 Å². The van der Waals surface area contributed by atoms with Crippen molar-refractivity contribution in [2.45, 2.75) is 26.1 Å². The maximum Gasteiger partial charge on any atom is 0.387 e. The number of rotatable bonds is 10. The lowest BCUT2D eigenvalue weighted by molar-refractivity contribution is -0.0514. The Labute approximate surface area is 122 Å². The van der Waals surface area contributed by atoms with E-state index in [1.807, 2.05) is 0 Å². The zero-order valence-electron chi connectivity index (χ0n) is 12.1.